The number of thiocarbonyl (C=S) groups is 1. The molecule has 3 nitrogen and oxygen atoms in total. The predicted molar refractivity (Wildman–Crippen MR) is 89.8 cm³/mol. The Morgan fingerprint density at radius 2 is 1.85 bits per heavy atom. The van der Waals surface area contributed by atoms with Crippen molar-refractivity contribution >= 4 is 51.7 Å². The van der Waals surface area contributed by atoms with Crippen LogP contribution in [0.1, 0.15) is 0 Å². The third-order valence-electron chi connectivity index (χ3n) is 3.14. The van der Waals surface area contributed by atoms with E-state index < -0.39 is 0 Å². The fraction of sp³-hybridized carbons (Fsp3) is 0.143. The van der Waals surface area contributed by atoms with Crippen molar-refractivity contribution < 1.29 is 4.79 Å². The first-order valence-corrected chi connectivity index (χ1v) is 8.04. The Morgan fingerprint density at radius 3 is 2.50 bits per heavy atom. The molecule has 0 radical (unpaired) electrons. The summed E-state index contributed by atoms with van der Waals surface area (Å²) in [5, 5.41) is 1.10. The number of carbonyl (C=O) groups excluding carboxylic acids is 1. The lowest BCUT2D eigenvalue weighted by molar-refractivity contribution is -0.121. The fourth-order valence-corrected chi connectivity index (χ4v) is 4.15. The molecule has 1 amide bonds. The number of benzene rings is 1. The quantitative estimate of drug-likeness (QED) is 0.583. The zero-order valence-electron chi connectivity index (χ0n) is 11.0. The van der Waals surface area contributed by atoms with E-state index in [1.165, 1.54) is 27.2 Å². The lowest BCUT2D eigenvalue weighted by atomic mass is 10.3. The van der Waals surface area contributed by atoms with Crippen LogP contribution in [0.15, 0.2) is 51.2 Å². The normalized spacial score (nSPS) is 22.3. The largest absolute Gasteiger partial charge is 0.338 e. The summed E-state index contributed by atoms with van der Waals surface area (Å²) in [6.45, 7) is 0. The Balaban J connectivity index is 1.86. The smallest absolute Gasteiger partial charge is 0.265 e. The van der Waals surface area contributed by atoms with E-state index in [4.69, 9.17) is 12.2 Å². The van der Waals surface area contributed by atoms with E-state index >= 15 is 0 Å². The first-order valence-electron chi connectivity index (χ1n) is 6.00. The molecule has 1 saturated heterocycles. The second-order valence-electron chi connectivity index (χ2n) is 4.40. The monoisotopic (exact) mass is 320 g/mol. The van der Waals surface area contributed by atoms with Crippen molar-refractivity contribution in [3.05, 3.63) is 46.4 Å². The first kappa shape index (κ1) is 13.7. The second kappa shape index (κ2) is 5.27. The zero-order chi connectivity index (χ0) is 14.3. The van der Waals surface area contributed by atoms with Gasteiger partial charge in [0.25, 0.3) is 5.91 Å². The minimum Gasteiger partial charge on any atom is -0.338 e. The van der Waals surface area contributed by atoms with Crippen molar-refractivity contribution in [2.24, 2.45) is 0 Å². The number of hydrogen-bond acceptors (Lipinski definition) is 5. The lowest BCUT2D eigenvalue weighted by Gasteiger charge is -2.12. The molecule has 20 heavy (non-hydrogen) atoms. The molecule has 1 aromatic rings. The van der Waals surface area contributed by atoms with Crippen LogP contribution in [-0.4, -0.2) is 29.2 Å². The van der Waals surface area contributed by atoms with Gasteiger partial charge in [0.15, 0.2) is 0 Å². The molecule has 0 aliphatic carbocycles. The van der Waals surface area contributed by atoms with Gasteiger partial charge in [-0.05, 0) is 24.3 Å². The van der Waals surface area contributed by atoms with E-state index in [0.29, 0.717) is 9.23 Å². The zero-order valence-corrected chi connectivity index (χ0v) is 13.4. The maximum atomic E-state index is 11.9. The molecule has 0 N–H and O–H groups in total. The Bertz CT molecular complexity index is 666. The van der Waals surface area contributed by atoms with Gasteiger partial charge in [0, 0.05) is 19.0 Å². The van der Waals surface area contributed by atoms with Gasteiger partial charge in [-0.15, -0.1) is 0 Å². The number of allylic oxidation sites excluding steroid dienone is 2. The number of amides is 1. The van der Waals surface area contributed by atoms with Crippen molar-refractivity contribution in [3.63, 3.8) is 0 Å². The summed E-state index contributed by atoms with van der Waals surface area (Å²) in [7, 11) is 3.74. The van der Waals surface area contributed by atoms with Crippen LogP contribution < -0.4 is 4.90 Å². The minimum atomic E-state index is -0.0278. The number of likely N-dealkylation sites (N-methyl/N-ethyl adjacent to an activating group) is 1. The summed E-state index contributed by atoms with van der Waals surface area (Å²) in [6, 6.07) is 8.25. The molecule has 102 valence electrons. The number of rotatable bonds is 1. The van der Waals surface area contributed by atoms with Crippen molar-refractivity contribution in [3.8, 4) is 0 Å². The molecule has 3 rings (SSSR count). The van der Waals surface area contributed by atoms with Crippen LogP contribution in [0.3, 0.4) is 0 Å². The molecule has 0 spiro atoms. The van der Waals surface area contributed by atoms with Crippen LogP contribution >= 0.6 is 35.7 Å². The van der Waals surface area contributed by atoms with Gasteiger partial charge in [0.1, 0.15) is 4.32 Å². The summed E-state index contributed by atoms with van der Waals surface area (Å²) in [4.78, 5) is 17.5. The topological polar surface area (TPSA) is 23.6 Å². The fourth-order valence-electron chi connectivity index (χ4n) is 1.97. The molecule has 1 aromatic carbocycles. The van der Waals surface area contributed by atoms with E-state index in [0.717, 1.165) is 5.03 Å². The van der Waals surface area contributed by atoms with Gasteiger partial charge < -0.3 is 4.90 Å². The van der Waals surface area contributed by atoms with E-state index in [2.05, 4.69) is 17.0 Å². The summed E-state index contributed by atoms with van der Waals surface area (Å²) < 4.78 is 0.607. The second-order valence-corrected chi connectivity index (χ2v) is 7.13. The number of fused-ring (bicyclic) bond motifs is 1. The summed E-state index contributed by atoms with van der Waals surface area (Å²) in [5.41, 5.74) is 1.19. The van der Waals surface area contributed by atoms with E-state index in [9.17, 15) is 4.79 Å². The maximum Gasteiger partial charge on any atom is 0.265 e. The number of carbonyl (C=O) groups is 1. The maximum absolute atomic E-state index is 11.9. The highest BCUT2D eigenvalue weighted by Crippen LogP contribution is 2.44. The van der Waals surface area contributed by atoms with Crippen molar-refractivity contribution in [1.82, 2.24) is 4.90 Å². The van der Waals surface area contributed by atoms with Gasteiger partial charge in [-0.2, -0.15) is 0 Å². The van der Waals surface area contributed by atoms with Crippen molar-refractivity contribution in [1.29, 1.82) is 0 Å². The number of thioether (sulfide) groups is 2. The van der Waals surface area contributed by atoms with E-state index in [-0.39, 0.29) is 5.91 Å². The highest BCUT2D eigenvalue weighted by molar-refractivity contribution is 8.26. The average Bonchev–Trinajstić information content (AvgIpc) is 2.90. The van der Waals surface area contributed by atoms with Crippen molar-refractivity contribution in [2.45, 2.75) is 4.90 Å². The number of nitrogens with zero attached hydrogens (tertiary/aromatic N) is 2. The Hall–Kier alpha value is -1.24. The molecule has 6 heteroatoms. The SMILES string of the molecule is CN1C(=O)/C(=C/C=C2/Sc3ccccc3N2C)SC1=S. The minimum absolute atomic E-state index is 0.0278. The number of para-hydroxylation sites is 1. The first-order chi connectivity index (χ1) is 9.58. The standard InChI is InChI=1S/C14H12N2OS3/c1-15-9-5-3-4-6-10(9)19-12(15)8-7-11-13(17)16(2)14(18)20-11/h3-8H,1-2H3/b11-7-,12-8+. The molecule has 1 fully saturated rings. The van der Waals surface area contributed by atoms with Gasteiger partial charge in [-0.25, -0.2) is 0 Å². The Labute approximate surface area is 131 Å². The third kappa shape index (κ3) is 2.28. The number of hydrogen-bond donors (Lipinski definition) is 0. The molecule has 0 bridgehead atoms. The van der Waals surface area contributed by atoms with Crippen LogP contribution in [0.5, 0.6) is 0 Å². The van der Waals surface area contributed by atoms with Crippen LogP contribution in [0.4, 0.5) is 5.69 Å². The summed E-state index contributed by atoms with van der Waals surface area (Å²) >= 11 is 8.17. The third-order valence-corrected chi connectivity index (χ3v) is 5.82. The molecule has 0 aromatic heterocycles. The van der Waals surface area contributed by atoms with Crippen LogP contribution in [-0.2, 0) is 4.79 Å². The van der Waals surface area contributed by atoms with Gasteiger partial charge in [0.2, 0.25) is 0 Å². The molecule has 0 atom stereocenters. The molecular formula is C14H12N2OS3. The van der Waals surface area contributed by atoms with Gasteiger partial charge >= 0.3 is 0 Å². The highest BCUT2D eigenvalue weighted by Gasteiger charge is 2.28. The van der Waals surface area contributed by atoms with E-state index in [1.54, 1.807) is 18.8 Å². The molecule has 2 heterocycles. The van der Waals surface area contributed by atoms with Crippen LogP contribution in [0.2, 0.25) is 0 Å². The van der Waals surface area contributed by atoms with Gasteiger partial charge in [-0.1, -0.05) is 47.9 Å². The predicted octanol–water partition coefficient (Wildman–Crippen LogP) is 3.44. The number of anilines is 1. The van der Waals surface area contributed by atoms with Gasteiger partial charge in [0.05, 0.1) is 15.6 Å². The summed E-state index contributed by atoms with van der Waals surface area (Å²) in [6.07, 6.45) is 3.83. The molecule has 0 saturated carbocycles. The van der Waals surface area contributed by atoms with Crippen molar-refractivity contribution in [2.75, 3.05) is 19.0 Å². The average molecular weight is 320 g/mol. The Morgan fingerprint density at radius 1 is 1.10 bits per heavy atom. The lowest BCUT2D eigenvalue weighted by Crippen LogP contribution is -2.22. The molecular weight excluding hydrogens is 308 g/mol. The highest BCUT2D eigenvalue weighted by atomic mass is 32.2. The molecule has 0 unspecified atom stereocenters. The van der Waals surface area contributed by atoms with E-state index in [1.807, 2.05) is 31.3 Å². The van der Waals surface area contributed by atoms with Crippen LogP contribution in [0, 0.1) is 0 Å². The summed E-state index contributed by atoms with van der Waals surface area (Å²) in [5.74, 6) is -0.0278. The van der Waals surface area contributed by atoms with Gasteiger partial charge in [-0.3, -0.25) is 9.69 Å². The van der Waals surface area contributed by atoms with Crippen LogP contribution in [0.25, 0.3) is 0 Å². The Kier molecular flexibility index (Phi) is 3.62. The molecule has 2 aliphatic heterocycles. The molecule has 2 aliphatic rings.